The van der Waals surface area contributed by atoms with Gasteiger partial charge in [0.15, 0.2) is 11.8 Å². The zero-order chi connectivity index (χ0) is 17.6. The van der Waals surface area contributed by atoms with Gasteiger partial charge in [0.05, 0.1) is 0 Å². The predicted molar refractivity (Wildman–Crippen MR) is 117 cm³/mol. The number of hydrogen-bond donors (Lipinski definition) is 1. The molecule has 0 saturated heterocycles. The van der Waals surface area contributed by atoms with Crippen LogP contribution < -0.4 is 5.32 Å². The monoisotopic (exact) mass is 466 g/mol. The maximum Gasteiger partial charge on any atom is 0.194 e. The van der Waals surface area contributed by atoms with Gasteiger partial charge in [0.25, 0.3) is 0 Å². The van der Waals surface area contributed by atoms with E-state index in [0.29, 0.717) is 6.54 Å². The van der Waals surface area contributed by atoms with E-state index in [1.165, 1.54) is 11.1 Å². The third kappa shape index (κ3) is 4.84. The van der Waals surface area contributed by atoms with E-state index in [1.54, 1.807) is 0 Å². The van der Waals surface area contributed by atoms with Crippen LogP contribution in [0.3, 0.4) is 0 Å². The van der Waals surface area contributed by atoms with Crippen molar-refractivity contribution in [3.8, 4) is 0 Å². The van der Waals surface area contributed by atoms with Gasteiger partial charge in [0.2, 0.25) is 0 Å². The van der Waals surface area contributed by atoms with E-state index in [4.69, 9.17) is 4.99 Å². The average Bonchev–Trinajstić information content (AvgIpc) is 2.98. The van der Waals surface area contributed by atoms with Gasteiger partial charge in [-0.3, -0.25) is 0 Å². The molecule has 26 heavy (non-hydrogen) atoms. The van der Waals surface area contributed by atoms with E-state index >= 15 is 0 Å². The summed E-state index contributed by atoms with van der Waals surface area (Å²) < 4.78 is 1.98. The number of halogens is 1. The lowest BCUT2D eigenvalue weighted by Gasteiger charge is -2.29. The minimum absolute atomic E-state index is 0. The summed E-state index contributed by atoms with van der Waals surface area (Å²) in [6.45, 7) is 7.26. The minimum atomic E-state index is 0. The van der Waals surface area contributed by atoms with Gasteiger partial charge in [-0.1, -0.05) is 36.4 Å². The normalized spacial score (nSPS) is 14.7. The molecule has 7 heteroatoms. The Morgan fingerprint density at radius 1 is 1.23 bits per heavy atom. The molecule has 0 fully saturated rings. The molecular formula is C19H27IN6. The second kappa shape index (κ2) is 9.70. The third-order valence-electron chi connectivity index (χ3n) is 4.54. The fourth-order valence-electron chi connectivity index (χ4n) is 2.94. The molecule has 0 atom stereocenters. The Morgan fingerprint density at radius 3 is 2.58 bits per heavy atom. The number of hydrogen-bond acceptors (Lipinski definition) is 3. The molecule has 3 rings (SSSR count). The van der Waals surface area contributed by atoms with Crippen molar-refractivity contribution >= 4 is 35.5 Å². The van der Waals surface area contributed by atoms with Gasteiger partial charge in [0, 0.05) is 26.7 Å². The Hall–Kier alpha value is -1.90. The van der Waals surface area contributed by atoms with Crippen molar-refractivity contribution in [2.24, 2.45) is 12.0 Å². The Morgan fingerprint density at radius 2 is 2.00 bits per heavy atom. The van der Waals surface area contributed by atoms with E-state index < -0.39 is 0 Å². The number of rotatable bonds is 4. The van der Waals surface area contributed by atoms with Gasteiger partial charge in [-0.15, -0.1) is 34.2 Å². The van der Waals surface area contributed by atoms with E-state index in [0.717, 1.165) is 43.7 Å². The Kier molecular flexibility index (Phi) is 7.62. The number of nitrogens with one attached hydrogen (secondary N) is 1. The van der Waals surface area contributed by atoms with Crippen molar-refractivity contribution in [3.63, 3.8) is 0 Å². The van der Waals surface area contributed by atoms with Crippen LogP contribution in [0, 0.1) is 6.92 Å². The summed E-state index contributed by atoms with van der Waals surface area (Å²) >= 11 is 0. The lowest BCUT2D eigenvalue weighted by molar-refractivity contribution is 0.439. The molecule has 140 valence electrons. The molecule has 0 aliphatic carbocycles. The van der Waals surface area contributed by atoms with Crippen LogP contribution in [-0.2, 0) is 13.6 Å². The van der Waals surface area contributed by atoms with Gasteiger partial charge in [-0.05, 0) is 31.4 Å². The highest BCUT2D eigenvalue weighted by Crippen LogP contribution is 2.22. The Bertz CT molecular complexity index is 766. The summed E-state index contributed by atoms with van der Waals surface area (Å²) in [5.74, 6) is 2.72. The molecule has 0 amide bonds. The average molecular weight is 466 g/mol. The summed E-state index contributed by atoms with van der Waals surface area (Å²) in [5, 5.41) is 11.7. The largest absolute Gasteiger partial charge is 0.356 e. The van der Waals surface area contributed by atoms with Gasteiger partial charge in [-0.25, -0.2) is 4.99 Å². The zero-order valence-electron chi connectivity index (χ0n) is 15.6. The van der Waals surface area contributed by atoms with Crippen molar-refractivity contribution in [3.05, 3.63) is 53.6 Å². The lowest BCUT2D eigenvalue weighted by atomic mass is 10.00. The van der Waals surface area contributed by atoms with Crippen LogP contribution in [0.2, 0.25) is 0 Å². The first-order chi connectivity index (χ1) is 12.2. The molecule has 0 saturated carbocycles. The number of aryl methyl sites for hydroxylation is 1. The lowest BCUT2D eigenvalue weighted by Crippen LogP contribution is -2.43. The van der Waals surface area contributed by atoms with E-state index in [-0.39, 0.29) is 24.0 Å². The molecule has 1 aromatic heterocycles. The van der Waals surface area contributed by atoms with Gasteiger partial charge in [-0.2, -0.15) is 0 Å². The molecule has 0 bridgehead atoms. The summed E-state index contributed by atoms with van der Waals surface area (Å²) in [6.07, 6.45) is 3.33. The molecule has 2 aromatic rings. The van der Waals surface area contributed by atoms with Crippen LogP contribution in [-0.4, -0.2) is 45.3 Å². The highest BCUT2D eigenvalue weighted by molar-refractivity contribution is 14.0. The van der Waals surface area contributed by atoms with Crippen molar-refractivity contribution in [1.82, 2.24) is 25.0 Å². The van der Waals surface area contributed by atoms with E-state index in [2.05, 4.69) is 63.7 Å². The molecule has 1 aliphatic rings. The summed E-state index contributed by atoms with van der Waals surface area (Å²) in [4.78, 5) is 7.05. The maximum atomic E-state index is 4.76. The Labute approximate surface area is 172 Å². The molecule has 1 N–H and O–H groups in total. The van der Waals surface area contributed by atoms with Gasteiger partial charge >= 0.3 is 0 Å². The Balaban J connectivity index is 0.00000243. The zero-order valence-corrected chi connectivity index (χ0v) is 18.0. The van der Waals surface area contributed by atoms with Crippen molar-refractivity contribution in [2.45, 2.75) is 26.8 Å². The first kappa shape index (κ1) is 20.4. The summed E-state index contributed by atoms with van der Waals surface area (Å²) in [7, 11) is 1.98. The topological polar surface area (TPSA) is 58.3 Å². The fourth-order valence-corrected chi connectivity index (χ4v) is 2.94. The smallest absolute Gasteiger partial charge is 0.194 e. The van der Waals surface area contributed by atoms with Crippen molar-refractivity contribution < 1.29 is 0 Å². The van der Waals surface area contributed by atoms with Crippen molar-refractivity contribution in [1.29, 1.82) is 0 Å². The third-order valence-corrected chi connectivity index (χ3v) is 4.54. The molecular weight excluding hydrogens is 439 g/mol. The number of aromatic nitrogens is 3. The fraction of sp³-hybridized carbons (Fsp3) is 0.421. The van der Waals surface area contributed by atoms with Crippen LogP contribution in [0.5, 0.6) is 0 Å². The molecule has 6 nitrogen and oxygen atoms in total. The van der Waals surface area contributed by atoms with Crippen LogP contribution in [0.4, 0.5) is 0 Å². The van der Waals surface area contributed by atoms with Crippen LogP contribution in [0.15, 0.2) is 41.4 Å². The number of aliphatic imine (C=N–C) groups is 1. The predicted octanol–water partition coefficient (Wildman–Crippen LogP) is 3.00. The first-order valence-corrected chi connectivity index (χ1v) is 8.81. The van der Waals surface area contributed by atoms with Gasteiger partial charge in [0.1, 0.15) is 12.4 Å². The molecule has 0 radical (unpaired) electrons. The highest BCUT2D eigenvalue weighted by Gasteiger charge is 2.16. The quantitative estimate of drug-likeness (QED) is 0.428. The molecule has 1 aliphatic heterocycles. The maximum absolute atomic E-state index is 4.76. The summed E-state index contributed by atoms with van der Waals surface area (Å²) in [5.41, 5.74) is 2.73. The standard InChI is InChI=1S/C19H26N6.HI/c1-4-20-19(21-14-18-23-22-15(2)24(18)3)25-12-10-17(11-13-25)16-8-6-5-7-9-16;/h5-10H,4,11-14H2,1-3H3,(H,20,21);1H. The highest BCUT2D eigenvalue weighted by atomic mass is 127. The number of guanidine groups is 1. The summed E-state index contributed by atoms with van der Waals surface area (Å²) in [6, 6.07) is 10.6. The molecule has 0 unspecified atom stereocenters. The first-order valence-electron chi connectivity index (χ1n) is 8.81. The second-order valence-corrected chi connectivity index (χ2v) is 6.18. The number of nitrogens with zero attached hydrogens (tertiary/aromatic N) is 5. The molecule has 1 aromatic carbocycles. The molecule has 0 spiro atoms. The van der Waals surface area contributed by atoms with Crippen LogP contribution >= 0.6 is 24.0 Å². The second-order valence-electron chi connectivity index (χ2n) is 6.18. The SMILES string of the molecule is CCNC(=NCc1nnc(C)n1C)N1CC=C(c2ccccc2)CC1.I. The van der Waals surface area contributed by atoms with E-state index in [1.807, 2.05) is 18.5 Å². The van der Waals surface area contributed by atoms with E-state index in [9.17, 15) is 0 Å². The molecule has 2 heterocycles. The van der Waals surface area contributed by atoms with Gasteiger partial charge < -0.3 is 14.8 Å². The number of benzene rings is 1. The minimum Gasteiger partial charge on any atom is -0.356 e. The van der Waals surface area contributed by atoms with Crippen LogP contribution in [0.1, 0.15) is 30.6 Å². The van der Waals surface area contributed by atoms with Crippen molar-refractivity contribution in [2.75, 3.05) is 19.6 Å². The van der Waals surface area contributed by atoms with Crippen LogP contribution in [0.25, 0.3) is 5.57 Å².